The number of nitrogens with zero attached hydrogens (tertiary/aromatic N) is 1. The number of β-amino-alcohol motifs (C(OH)–C–C–N with tert-alkyl or cyclic N) is 1. The minimum Gasteiger partial charge on any atom is -0.489 e. The summed E-state index contributed by atoms with van der Waals surface area (Å²) in [6.07, 6.45) is 0.611. The molecule has 0 amide bonds. The lowest BCUT2D eigenvalue weighted by atomic mass is 9.98. The first-order valence-corrected chi connectivity index (χ1v) is 10.7. The van der Waals surface area contributed by atoms with Gasteiger partial charge in [-0.15, -0.1) is 0 Å². The summed E-state index contributed by atoms with van der Waals surface area (Å²) in [6, 6.07) is 25.3. The fourth-order valence-electron chi connectivity index (χ4n) is 4.11. The lowest BCUT2D eigenvalue weighted by molar-refractivity contribution is 0.105. The minimum absolute atomic E-state index is 0.338. The van der Waals surface area contributed by atoms with Crippen LogP contribution in [0.25, 0.3) is 11.1 Å². The fourth-order valence-corrected chi connectivity index (χ4v) is 4.11. The molecule has 0 bridgehead atoms. The average molecular weight is 403 g/mol. The number of nitrogens with one attached hydrogen (secondary N) is 1. The molecule has 1 aliphatic heterocycles. The Morgan fingerprint density at radius 3 is 2.50 bits per heavy atom. The predicted octanol–water partition coefficient (Wildman–Crippen LogP) is 3.87. The average Bonchev–Trinajstić information content (AvgIpc) is 2.78. The van der Waals surface area contributed by atoms with Crippen LogP contribution in [0.4, 0.5) is 0 Å². The summed E-state index contributed by atoms with van der Waals surface area (Å²) in [6.45, 7) is 3.68. The molecule has 1 heterocycles. The minimum atomic E-state index is -0.338. The molecule has 2 N–H and O–H groups in total. The molecule has 3 aromatic carbocycles. The first kappa shape index (κ1) is 20.6. The van der Waals surface area contributed by atoms with Crippen molar-refractivity contribution >= 4 is 0 Å². The van der Waals surface area contributed by atoms with Gasteiger partial charge in [-0.25, -0.2) is 0 Å². The van der Waals surface area contributed by atoms with E-state index in [2.05, 4.69) is 76.9 Å². The van der Waals surface area contributed by atoms with Crippen LogP contribution in [-0.4, -0.2) is 42.8 Å². The molecule has 0 saturated heterocycles. The highest BCUT2D eigenvalue weighted by Gasteiger charge is 2.21. The lowest BCUT2D eigenvalue weighted by Crippen LogP contribution is -2.40. The number of hydrogen-bond donors (Lipinski definition) is 2. The fraction of sp³-hybridized carbons (Fsp3) is 0.308. The van der Waals surface area contributed by atoms with Gasteiger partial charge in [0, 0.05) is 26.2 Å². The molecule has 0 aromatic heterocycles. The van der Waals surface area contributed by atoms with E-state index in [1.807, 2.05) is 13.1 Å². The molecular weight excluding hydrogens is 372 g/mol. The molecule has 3 aromatic rings. The van der Waals surface area contributed by atoms with Gasteiger partial charge in [-0.3, -0.25) is 4.90 Å². The van der Waals surface area contributed by atoms with E-state index >= 15 is 0 Å². The Balaban J connectivity index is 1.38. The van der Waals surface area contributed by atoms with E-state index < -0.39 is 0 Å². The third kappa shape index (κ3) is 5.08. The number of aliphatic hydroxyl groups is 1. The Labute approximate surface area is 179 Å². The second-order valence-electron chi connectivity index (χ2n) is 7.94. The Bertz CT molecular complexity index is 941. The van der Waals surface area contributed by atoms with Crippen molar-refractivity contribution < 1.29 is 9.84 Å². The zero-order valence-electron chi connectivity index (χ0n) is 17.6. The Kier molecular flexibility index (Phi) is 6.80. The molecule has 0 saturated carbocycles. The van der Waals surface area contributed by atoms with Gasteiger partial charge >= 0.3 is 0 Å². The van der Waals surface area contributed by atoms with Crippen molar-refractivity contribution in [2.45, 2.75) is 25.7 Å². The molecule has 0 spiro atoms. The van der Waals surface area contributed by atoms with Crippen LogP contribution in [0.2, 0.25) is 0 Å². The maximum atomic E-state index is 10.1. The quantitative estimate of drug-likeness (QED) is 0.600. The van der Waals surface area contributed by atoms with E-state index in [0.29, 0.717) is 19.7 Å². The Morgan fingerprint density at radius 1 is 0.967 bits per heavy atom. The molecular formula is C26H30N2O2. The topological polar surface area (TPSA) is 44.7 Å². The molecule has 1 aliphatic rings. The van der Waals surface area contributed by atoms with Crippen molar-refractivity contribution in [2.75, 3.05) is 26.7 Å². The summed E-state index contributed by atoms with van der Waals surface area (Å²) in [4.78, 5) is 2.32. The molecule has 4 nitrogen and oxygen atoms in total. The Morgan fingerprint density at radius 2 is 1.73 bits per heavy atom. The van der Waals surface area contributed by atoms with Crippen LogP contribution in [0.15, 0.2) is 72.8 Å². The summed E-state index contributed by atoms with van der Waals surface area (Å²) in [5, 5.41) is 13.1. The van der Waals surface area contributed by atoms with E-state index in [9.17, 15) is 5.11 Å². The second-order valence-corrected chi connectivity index (χ2v) is 7.94. The maximum absolute atomic E-state index is 10.1. The molecule has 0 aliphatic carbocycles. The van der Waals surface area contributed by atoms with Gasteiger partial charge in [0.05, 0.1) is 6.10 Å². The number of aliphatic hydroxyl groups excluding tert-OH is 1. The number of benzene rings is 3. The second kappa shape index (κ2) is 9.90. The molecule has 0 fully saturated rings. The number of likely N-dealkylation sites (N-methyl/N-ethyl adjacent to an activating group) is 1. The van der Waals surface area contributed by atoms with Gasteiger partial charge < -0.3 is 15.2 Å². The van der Waals surface area contributed by atoms with Crippen LogP contribution in [-0.2, 0) is 19.6 Å². The van der Waals surface area contributed by atoms with Gasteiger partial charge in [0.1, 0.15) is 12.4 Å². The largest absolute Gasteiger partial charge is 0.489 e. The van der Waals surface area contributed by atoms with Gasteiger partial charge in [0.25, 0.3) is 0 Å². The first-order chi connectivity index (χ1) is 14.7. The molecule has 156 valence electrons. The van der Waals surface area contributed by atoms with Gasteiger partial charge in [-0.05, 0) is 47.4 Å². The third-order valence-corrected chi connectivity index (χ3v) is 5.67. The van der Waals surface area contributed by atoms with Crippen molar-refractivity contribution in [1.82, 2.24) is 10.2 Å². The molecule has 1 atom stereocenters. The molecule has 0 radical (unpaired) electrons. The standard InChI is InChI=1S/C26H30N2O2/c1-27-16-24(29)18-28-15-14-25-23(17-28)8-5-9-26(25)30-19-20-10-12-22(13-11-20)21-6-3-2-4-7-21/h2-13,24,27,29H,14-19H2,1H3. The Hall–Kier alpha value is -2.66. The highest BCUT2D eigenvalue weighted by Crippen LogP contribution is 2.29. The van der Waals surface area contributed by atoms with Gasteiger partial charge in [-0.2, -0.15) is 0 Å². The molecule has 30 heavy (non-hydrogen) atoms. The molecule has 4 rings (SSSR count). The summed E-state index contributed by atoms with van der Waals surface area (Å²) < 4.78 is 6.21. The van der Waals surface area contributed by atoms with Crippen LogP contribution >= 0.6 is 0 Å². The SMILES string of the molecule is CNCC(O)CN1CCc2c(cccc2OCc2ccc(-c3ccccc3)cc2)C1. The van der Waals surface area contributed by atoms with E-state index in [1.54, 1.807) is 0 Å². The normalized spacial score (nSPS) is 14.9. The van der Waals surface area contributed by atoms with E-state index in [-0.39, 0.29) is 6.10 Å². The summed E-state index contributed by atoms with van der Waals surface area (Å²) in [7, 11) is 1.87. The highest BCUT2D eigenvalue weighted by atomic mass is 16.5. The smallest absolute Gasteiger partial charge is 0.123 e. The molecule has 4 heteroatoms. The van der Waals surface area contributed by atoms with E-state index in [1.165, 1.54) is 27.8 Å². The number of ether oxygens (including phenoxy) is 1. The predicted molar refractivity (Wildman–Crippen MR) is 122 cm³/mol. The van der Waals surface area contributed by atoms with Crippen molar-refractivity contribution in [1.29, 1.82) is 0 Å². The van der Waals surface area contributed by atoms with Crippen LogP contribution in [0.5, 0.6) is 5.75 Å². The third-order valence-electron chi connectivity index (χ3n) is 5.67. The first-order valence-electron chi connectivity index (χ1n) is 10.7. The lowest BCUT2D eigenvalue weighted by Gasteiger charge is -2.31. The number of hydrogen-bond acceptors (Lipinski definition) is 4. The van der Waals surface area contributed by atoms with Crippen LogP contribution in [0.3, 0.4) is 0 Å². The maximum Gasteiger partial charge on any atom is 0.123 e. The van der Waals surface area contributed by atoms with Crippen molar-refractivity contribution in [3.63, 3.8) is 0 Å². The van der Waals surface area contributed by atoms with Crippen molar-refractivity contribution in [3.05, 3.63) is 89.5 Å². The van der Waals surface area contributed by atoms with Gasteiger partial charge in [0.2, 0.25) is 0 Å². The van der Waals surface area contributed by atoms with Crippen LogP contribution < -0.4 is 10.1 Å². The summed E-state index contributed by atoms with van der Waals surface area (Å²) >= 11 is 0. The monoisotopic (exact) mass is 402 g/mol. The zero-order valence-corrected chi connectivity index (χ0v) is 17.6. The zero-order chi connectivity index (χ0) is 20.8. The van der Waals surface area contributed by atoms with Crippen molar-refractivity contribution in [2.24, 2.45) is 0 Å². The van der Waals surface area contributed by atoms with Crippen molar-refractivity contribution in [3.8, 4) is 16.9 Å². The van der Waals surface area contributed by atoms with Crippen LogP contribution in [0, 0.1) is 0 Å². The molecule has 1 unspecified atom stereocenters. The van der Waals surface area contributed by atoms with Gasteiger partial charge in [0.15, 0.2) is 0 Å². The van der Waals surface area contributed by atoms with Crippen LogP contribution in [0.1, 0.15) is 16.7 Å². The summed E-state index contributed by atoms with van der Waals surface area (Å²) in [5.74, 6) is 0.982. The van der Waals surface area contributed by atoms with E-state index in [0.717, 1.165) is 25.3 Å². The van der Waals surface area contributed by atoms with E-state index in [4.69, 9.17) is 4.74 Å². The summed E-state index contributed by atoms with van der Waals surface area (Å²) in [5.41, 5.74) is 6.22. The van der Waals surface area contributed by atoms with Gasteiger partial charge in [-0.1, -0.05) is 66.7 Å². The number of rotatable bonds is 8. The number of fused-ring (bicyclic) bond motifs is 1. The highest BCUT2D eigenvalue weighted by molar-refractivity contribution is 5.63.